The van der Waals surface area contributed by atoms with Gasteiger partial charge in [0.05, 0.1) is 5.69 Å². The van der Waals surface area contributed by atoms with Crippen LogP contribution in [0.3, 0.4) is 0 Å². The molecule has 2 atom stereocenters. The van der Waals surface area contributed by atoms with Crippen molar-refractivity contribution < 1.29 is 9.59 Å². The van der Waals surface area contributed by atoms with Crippen molar-refractivity contribution in [2.75, 3.05) is 13.1 Å². The van der Waals surface area contributed by atoms with Crippen LogP contribution in [0.4, 0.5) is 0 Å². The second kappa shape index (κ2) is 7.06. The van der Waals surface area contributed by atoms with E-state index in [1.54, 1.807) is 17.0 Å². The summed E-state index contributed by atoms with van der Waals surface area (Å²) in [5, 5.41) is 4.35. The van der Waals surface area contributed by atoms with E-state index in [2.05, 4.69) is 12.0 Å². The lowest BCUT2D eigenvalue weighted by atomic mass is 9.92. The fraction of sp³-hybridized carbons (Fsp3) is 0.389. The molecule has 1 aromatic carbocycles. The molecule has 0 radical (unpaired) electrons. The lowest BCUT2D eigenvalue weighted by Crippen LogP contribution is -2.49. The number of para-hydroxylation sites is 1. The van der Waals surface area contributed by atoms with Gasteiger partial charge in [-0.1, -0.05) is 25.1 Å². The summed E-state index contributed by atoms with van der Waals surface area (Å²) in [6.07, 6.45) is 1.81. The molecule has 2 unspecified atom stereocenters. The highest BCUT2D eigenvalue weighted by Gasteiger charge is 2.31. The molecule has 0 aliphatic carbocycles. The van der Waals surface area contributed by atoms with Crippen LogP contribution >= 0.6 is 0 Å². The number of carbonyl (C=O) groups excluding carboxylic acids is 2. The summed E-state index contributed by atoms with van der Waals surface area (Å²) in [7, 11) is 0. The molecular formula is C18H23N5O2. The molecule has 2 heterocycles. The summed E-state index contributed by atoms with van der Waals surface area (Å²) in [5.74, 6) is -0.293. The first-order chi connectivity index (χ1) is 12.0. The summed E-state index contributed by atoms with van der Waals surface area (Å²) in [6, 6.07) is 10.6. The zero-order valence-electron chi connectivity index (χ0n) is 14.3. The predicted octanol–water partition coefficient (Wildman–Crippen LogP) is 1.17. The standard InChI is InChI=1S/C18H23N5O2/c1-12-7-8-22(14(9-12)11-19)18(25)15-10-16(17(20)24)23(21-15)13-5-3-2-4-6-13/h2-6,10,12,14H,7-9,11,19H2,1H3,(H2,20,24). The van der Waals surface area contributed by atoms with E-state index in [1.165, 1.54) is 10.7 Å². The van der Waals surface area contributed by atoms with Crippen LogP contribution in [-0.2, 0) is 0 Å². The van der Waals surface area contributed by atoms with Gasteiger partial charge in [-0.2, -0.15) is 5.10 Å². The van der Waals surface area contributed by atoms with Gasteiger partial charge in [0.1, 0.15) is 5.69 Å². The van der Waals surface area contributed by atoms with E-state index < -0.39 is 5.91 Å². The van der Waals surface area contributed by atoms with Gasteiger partial charge in [0.25, 0.3) is 11.8 Å². The molecule has 25 heavy (non-hydrogen) atoms. The third-order valence-electron chi connectivity index (χ3n) is 4.69. The SMILES string of the molecule is CC1CCN(C(=O)c2cc(C(N)=O)n(-c3ccccc3)n2)C(CN)C1. The molecule has 1 aliphatic heterocycles. The van der Waals surface area contributed by atoms with E-state index in [1.807, 2.05) is 18.2 Å². The molecule has 1 saturated heterocycles. The van der Waals surface area contributed by atoms with Crippen LogP contribution in [-0.4, -0.2) is 45.6 Å². The van der Waals surface area contributed by atoms with Crippen LogP contribution in [0.15, 0.2) is 36.4 Å². The maximum atomic E-state index is 12.9. The highest BCUT2D eigenvalue weighted by Crippen LogP contribution is 2.24. The maximum Gasteiger partial charge on any atom is 0.274 e. The van der Waals surface area contributed by atoms with Crippen molar-refractivity contribution in [1.82, 2.24) is 14.7 Å². The van der Waals surface area contributed by atoms with Gasteiger partial charge in [-0.3, -0.25) is 9.59 Å². The van der Waals surface area contributed by atoms with Gasteiger partial charge in [0.2, 0.25) is 0 Å². The first kappa shape index (κ1) is 17.2. The fourth-order valence-electron chi connectivity index (χ4n) is 3.32. The molecule has 7 heteroatoms. The first-order valence-electron chi connectivity index (χ1n) is 8.47. The van der Waals surface area contributed by atoms with Crippen LogP contribution < -0.4 is 11.5 Å². The normalized spacial score (nSPS) is 20.5. The summed E-state index contributed by atoms with van der Waals surface area (Å²) < 4.78 is 1.42. The number of hydrogen-bond donors (Lipinski definition) is 2. The Hall–Kier alpha value is -2.67. The molecule has 4 N–H and O–H groups in total. The maximum absolute atomic E-state index is 12.9. The highest BCUT2D eigenvalue weighted by molar-refractivity contribution is 5.97. The van der Waals surface area contributed by atoms with Crippen molar-refractivity contribution in [3.05, 3.63) is 47.8 Å². The van der Waals surface area contributed by atoms with Crippen molar-refractivity contribution in [2.45, 2.75) is 25.8 Å². The average Bonchev–Trinajstić information content (AvgIpc) is 3.07. The van der Waals surface area contributed by atoms with Crippen LogP contribution in [0.2, 0.25) is 0 Å². The summed E-state index contributed by atoms with van der Waals surface area (Å²) in [6.45, 7) is 3.23. The number of piperidine rings is 1. The van der Waals surface area contributed by atoms with Gasteiger partial charge in [0, 0.05) is 25.2 Å². The lowest BCUT2D eigenvalue weighted by Gasteiger charge is -2.37. The monoisotopic (exact) mass is 341 g/mol. The molecule has 3 rings (SSSR count). The molecule has 2 aromatic rings. The highest BCUT2D eigenvalue weighted by atomic mass is 16.2. The van der Waals surface area contributed by atoms with Gasteiger partial charge in [-0.25, -0.2) is 4.68 Å². The Morgan fingerprint density at radius 2 is 2.00 bits per heavy atom. The molecular weight excluding hydrogens is 318 g/mol. The summed E-state index contributed by atoms with van der Waals surface area (Å²) in [5.41, 5.74) is 12.4. The number of likely N-dealkylation sites (tertiary alicyclic amines) is 1. The van der Waals surface area contributed by atoms with Crippen LogP contribution in [0.1, 0.15) is 40.7 Å². The minimum absolute atomic E-state index is 0.00449. The second-order valence-electron chi connectivity index (χ2n) is 6.54. The number of primary amides is 1. The Kier molecular flexibility index (Phi) is 4.85. The third kappa shape index (κ3) is 3.41. The van der Waals surface area contributed by atoms with Gasteiger partial charge in [-0.05, 0) is 30.9 Å². The molecule has 1 aliphatic rings. The quantitative estimate of drug-likeness (QED) is 0.870. The number of aromatic nitrogens is 2. The molecule has 132 valence electrons. The summed E-state index contributed by atoms with van der Waals surface area (Å²) in [4.78, 5) is 26.5. The topological polar surface area (TPSA) is 107 Å². The number of nitrogens with two attached hydrogens (primary N) is 2. The number of amides is 2. The molecule has 0 spiro atoms. The van der Waals surface area contributed by atoms with Crippen molar-refractivity contribution in [3.8, 4) is 5.69 Å². The number of carbonyl (C=O) groups is 2. The zero-order chi connectivity index (χ0) is 18.0. The van der Waals surface area contributed by atoms with Gasteiger partial charge >= 0.3 is 0 Å². The van der Waals surface area contributed by atoms with Gasteiger partial charge < -0.3 is 16.4 Å². The van der Waals surface area contributed by atoms with Gasteiger partial charge in [-0.15, -0.1) is 0 Å². The fourth-order valence-corrected chi connectivity index (χ4v) is 3.32. The van der Waals surface area contributed by atoms with Gasteiger partial charge in [0.15, 0.2) is 5.69 Å². The second-order valence-corrected chi connectivity index (χ2v) is 6.54. The van der Waals surface area contributed by atoms with Crippen LogP contribution in [0.25, 0.3) is 5.69 Å². The number of rotatable bonds is 4. The van der Waals surface area contributed by atoms with Crippen molar-refractivity contribution >= 4 is 11.8 Å². The Morgan fingerprint density at radius 3 is 2.64 bits per heavy atom. The zero-order valence-corrected chi connectivity index (χ0v) is 14.3. The molecule has 1 aromatic heterocycles. The van der Waals surface area contributed by atoms with E-state index >= 15 is 0 Å². The van der Waals surface area contributed by atoms with E-state index in [4.69, 9.17) is 11.5 Å². The first-order valence-corrected chi connectivity index (χ1v) is 8.47. The Bertz CT molecular complexity index is 771. The van der Waals surface area contributed by atoms with Crippen molar-refractivity contribution in [1.29, 1.82) is 0 Å². The van der Waals surface area contributed by atoms with Crippen molar-refractivity contribution in [3.63, 3.8) is 0 Å². The molecule has 2 amide bonds. The van der Waals surface area contributed by atoms with E-state index in [-0.39, 0.29) is 23.3 Å². The van der Waals surface area contributed by atoms with Crippen LogP contribution in [0.5, 0.6) is 0 Å². The third-order valence-corrected chi connectivity index (χ3v) is 4.69. The number of nitrogens with zero attached hydrogens (tertiary/aromatic N) is 3. The largest absolute Gasteiger partial charge is 0.364 e. The molecule has 1 fully saturated rings. The van der Waals surface area contributed by atoms with Crippen molar-refractivity contribution in [2.24, 2.45) is 17.4 Å². The Balaban J connectivity index is 1.95. The molecule has 0 bridgehead atoms. The Labute approximate surface area is 146 Å². The molecule has 7 nitrogen and oxygen atoms in total. The minimum atomic E-state index is -0.627. The molecule has 0 saturated carbocycles. The van der Waals surface area contributed by atoms with Crippen LogP contribution in [0, 0.1) is 5.92 Å². The van der Waals surface area contributed by atoms with E-state index in [9.17, 15) is 9.59 Å². The van der Waals surface area contributed by atoms with E-state index in [0.29, 0.717) is 24.7 Å². The number of benzene rings is 1. The average molecular weight is 341 g/mol. The lowest BCUT2D eigenvalue weighted by molar-refractivity contribution is 0.0567. The van der Waals surface area contributed by atoms with E-state index in [0.717, 1.165) is 12.8 Å². The predicted molar refractivity (Wildman–Crippen MR) is 94.4 cm³/mol. The Morgan fingerprint density at radius 1 is 1.28 bits per heavy atom. The minimum Gasteiger partial charge on any atom is -0.364 e. The summed E-state index contributed by atoms with van der Waals surface area (Å²) >= 11 is 0. The smallest absolute Gasteiger partial charge is 0.274 e. The number of hydrogen-bond acceptors (Lipinski definition) is 4.